The zero-order chi connectivity index (χ0) is 93.3. The van der Waals surface area contributed by atoms with Gasteiger partial charge in [-0.05, 0) is 265 Å². The molecule has 5 heteroatoms. The number of rotatable bonds is 13. The van der Waals surface area contributed by atoms with Gasteiger partial charge in [0.25, 0.3) is 6.71 Å². The maximum absolute atomic E-state index is 2.81. The lowest BCUT2D eigenvalue weighted by Crippen LogP contribution is -2.61. The summed E-state index contributed by atoms with van der Waals surface area (Å²) in [7, 11) is 0. The van der Waals surface area contributed by atoms with E-state index in [1.807, 2.05) is 0 Å². The molecular weight excluding hydrogens is 1630 g/mol. The number of allylic oxidation sites excluding steroid dienone is 12. The van der Waals surface area contributed by atoms with Crippen LogP contribution in [-0.4, -0.2) is 11.3 Å². The molecule has 0 saturated carbocycles. The highest BCUT2D eigenvalue weighted by Gasteiger charge is 2.50. The van der Waals surface area contributed by atoms with E-state index in [0.717, 1.165) is 119 Å². The molecule has 4 nitrogen and oxygen atoms in total. The van der Waals surface area contributed by atoms with Gasteiger partial charge in [-0.3, -0.25) is 0 Å². The van der Waals surface area contributed by atoms with Crippen LogP contribution in [0.2, 0.25) is 0 Å². The van der Waals surface area contributed by atoms with Gasteiger partial charge in [0.15, 0.2) is 0 Å². The van der Waals surface area contributed by atoms with Crippen LogP contribution in [-0.2, 0) is 21.7 Å². The molecule has 3 atom stereocenters. The fourth-order valence-corrected chi connectivity index (χ4v) is 22.4. The molecule has 664 valence electrons. The van der Waals surface area contributed by atoms with Crippen LogP contribution < -0.4 is 31.1 Å². The minimum Gasteiger partial charge on any atom is -0.310 e. The van der Waals surface area contributed by atoms with Gasteiger partial charge >= 0.3 is 0 Å². The third kappa shape index (κ3) is 15.3. The number of aromatic nitrogens is 1. The summed E-state index contributed by atoms with van der Waals surface area (Å²) in [6, 6.07) is 131. The van der Waals surface area contributed by atoms with E-state index >= 15 is 0 Å². The maximum atomic E-state index is 2.81. The number of anilines is 9. The van der Waals surface area contributed by atoms with Gasteiger partial charge in [-0.25, -0.2) is 0 Å². The van der Waals surface area contributed by atoms with E-state index in [2.05, 4.69) is 520 Å². The number of hydrogen-bond acceptors (Lipinski definition) is 3. The first-order valence-corrected chi connectivity index (χ1v) is 48.9. The van der Waals surface area contributed by atoms with Crippen molar-refractivity contribution in [3.8, 4) is 72.4 Å². The summed E-state index contributed by atoms with van der Waals surface area (Å²) >= 11 is 0. The summed E-state index contributed by atoms with van der Waals surface area (Å²) in [6.45, 7) is 42.5. The summed E-state index contributed by atoms with van der Waals surface area (Å²) in [4.78, 5) is 8.16. The molecule has 3 heterocycles. The van der Waals surface area contributed by atoms with Crippen LogP contribution in [0.25, 0.3) is 99.8 Å². The van der Waals surface area contributed by atoms with Crippen molar-refractivity contribution >= 4 is 102 Å². The molecule has 6 aliphatic rings. The van der Waals surface area contributed by atoms with E-state index in [-0.39, 0.29) is 51.0 Å². The Labute approximate surface area is 800 Å². The lowest BCUT2D eigenvalue weighted by Gasteiger charge is -2.48. The predicted octanol–water partition coefficient (Wildman–Crippen LogP) is 33.9. The molecule has 0 radical (unpaired) electrons. The van der Waals surface area contributed by atoms with Crippen LogP contribution >= 0.6 is 0 Å². The Balaban J connectivity index is 0.941. The quantitative estimate of drug-likeness (QED) is 0.107. The fraction of sp³-hybridized carbons (Fsp3) is 0.215. The zero-order valence-corrected chi connectivity index (χ0v) is 81.6. The molecule has 0 bridgehead atoms. The third-order valence-corrected chi connectivity index (χ3v) is 29.9. The molecule has 0 amide bonds. The minimum absolute atomic E-state index is 0.0646. The Hall–Kier alpha value is -14.0. The van der Waals surface area contributed by atoms with Crippen LogP contribution in [0.1, 0.15) is 159 Å². The SMILES string of the molecule is CC(C)(C)C1=CC2=CC(c3ccc4c(c3)N(c3c(-c5ccccc5)cc(C(C)(C)C)cc3-c3ccccc3)c3cc(N(c5ccc(-c6ccccc6)cc5)c5ccc(-c6ccccc6)cc5)cc5c3B4c3ccc(-n4c6ccc(C(C)(C)C)cc6c6cc(C(C)(C)C)ccc64)cc3N5c3c(-c4ccccc4)cc(C(C)(C)C)cc3-c3ccccc3)=C3C=C(C(C)(C)C)CC4C=CC(=C1)C2C34. The molecule has 3 unspecified atom stereocenters. The molecule has 16 aromatic rings. The molecule has 0 N–H and O–H groups in total. The minimum atomic E-state index is -0.358. The molecule has 22 rings (SSSR count). The average Bonchev–Trinajstić information content (AvgIpc) is 1.34. The summed E-state index contributed by atoms with van der Waals surface area (Å²) in [5.41, 5.74) is 44.4. The van der Waals surface area contributed by atoms with Gasteiger partial charge in [-0.2, -0.15) is 0 Å². The highest BCUT2D eigenvalue weighted by molar-refractivity contribution is 7.00. The van der Waals surface area contributed by atoms with Crippen molar-refractivity contribution in [3.05, 3.63) is 432 Å². The van der Waals surface area contributed by atoms with E-state index in [1.165, 1.54) is 111 Å². The van der Waals surface area contributed by atoms with E-state index < -0.39 is 0 Å². The van der Waals surface area contributed by atoms with E-state index in [9.17, 15) is 0 Å². The maximum Gasteiger partial charge on any atom is 0.252 e. The molecule has 135 heavy (non-hydrogen) atoms. The largest absolute Gasteiger partial charge is 0.310 e. The van der Waals surface area contributed by atoms with E-state index in [1.54, 1.807) is 0 Å². The first-order chi connectivity index (χ1) is 64.7. The van der Waals surface area contributed by atoms with Crippen molar-refractivity contribution in [3.63, 3.8) is 0 Å². The molecule has 0 spiro atoms. The molecule has 2 aliphatic heterocycles. The predicted molar refractivity (Wildman–Crippen MR) is 579 cm³/mol. The Morgan fingerprint density at radius 3 is 1.10 bits per heavy atom. The van der Waals surface area contributed by atoms with E-state index in [4.69, 9.17) is 0 Å². The second kappa shape index (κ2) is 32.4. The fourth-order valence-electron chi connectivity index (χ4n) is 22.4. The lowest BCUT2D eigenvalue weighted by molar-refractivity contribution is 0.329. The Morgan fingerprint density at radius 2 is 0.696 bits per heavy atom. The number of nitrogens with zero attached hydrogens (tertiary/aromatic N) is 4. The molecule has 0 saturated heterocycles. The second-order valence-corrected chi connectivity index (χ2v) is 44.9. The van der Waals surface area contributed by atoms with Crippen LogP contribution in [0.5, 0.6) is 0 Å². The van der Waals surface area contributed by atoms with Crippen molar-refractivity contribution in [2.75, 3.05) is 14.7 Å². The molecule has 0 fully saturated rings. The van der Waals surface area contributed by atoms with Crippen LogP contribution in [0.4, 0.5) is 51.2 Å². The van der Waals surface area contributed by atoms with Crippen molar-refractivity contribution in [2.24, 2.45) is 28.6 Å². The summed E-state index contributed by atoms with van der Waals surface area (Å²) in [5, 5.41) is 2.50. The van der Waals surface area contributed by atoms with Gasteiger partial charge < -0.3 is 19.3 Å². The third-order valence-electron chi connectivity index (χ3n) is 29.9. The molecule has 15 aromatic carbocycles. The first kappa shape index (κ1) is 86.4. The molecular formula is C130H121BN4. The topological polar surface area (TPSA) is 14.7 Å². The summed E-state index contributed by atoms with van der Waals surface area (Å²) in [6.07, 6.45) is 16.6. The molecule has 4 aliphatic carbocycles. The number of fused-ring (bicyclic) bond motifs is 7. The van der Waals surface area contributed by atoms with Gasteiger partial charge in [0, 0.05) is 84.7 Å². The zero-order valence-electron chi connectivity index (χ0n) is 81.6. The van der Waals surface area contributed by atoms with Gasteiger partial charge in [0.1, 0.15) is 0 Å². The highest BCUT2D eigenvalue weighted by atomic mass is 15.2. The van der Waals surface area contributed by atoms with Crippen molar-refractivity contribution in [1.82, 2.24) is 4.57 Å². The summed E-state index contributed by atoms with van der Waals surface area (Å²) in [5.74, 6) is 0.802. The van der Waals surface area contributed by atoms with Crippen molar-refractivity contribution < 1.29 is 0 Å². The Bertz CT molecular complexity index is 7350. The van der Waals surface area contributed by atoms with Gasteiger partial charge in [0.2, 0.25) is 0 Å². The van der Waals surface area contributed by atoms with Gasteiger partial charge in [0.05, 0.1) is 28.1 Å². The highest BCUT2D eigenvalue weighted by Crippen LogP contribution is 2.61. The smallest absolute Gasteiger partial charge is 0.252 e. The normalized spacial score (nSPS) is 16.3. The summed E-state index contributed by atoms with van der Waals surface area (Å²) < 4.78 is 2.60. The monoisotopic (exact) mass is 1750 g/mol. The van der Waals surface area contributed by atoms with Crippen molar-refractivity contribution in [1.29, 1.82) is 0 Å². The molecule has 1 aromatic heterocycles. The lowest BCUT2D eigenvalue weighted by atomic mass is 9.33. The van der Waals surface area contributed by atoms with Crippen LogP contribution in [0.15, 0.2) is 404 Å². The van der Waals surface area contributed by atoms with Crippen LogP contribution in [0, 0.1) is 28.6 Å². The average molecular weight is 1750 g/mol. The first-order valence-electron chi connectivity index (χ1n) is 48.9. The second-order valence-electron chi connectivity index (χ2n) is 44.9. The van der Waals surface area contributed by atoms with Gasteiger partial charge in [-0.1, -0.05) is 403 Å². The van der Waals surface area contributed by atoms with Crippen LogP contribution in [0.3, 0.4) is 0 Å². The number of benzene rings is 15. The van der Waals surface area contributed by atoms with E-state index in [0.29, 0.717) is 5.92 Å². The number of hydrogen-bond donors (Lipinski definition) is 0. The standard InChI is InChI=1S/C130H121BN4/c1-125(2,3)94-56-65-114-109(72-94)110-73-95(126(4,5)6)57-66-115(110)133(114)102-62-64-113-117(79-102)135(124-107(88-45-33-23-34-46-88)76-99(130(16,17)18)77-108(124)89-47-35-24-36-48-89)119-81-103(132(100-58-51-84(52-59-100)82-37-25-19-26-38-82)101-60-53-85(54-61-101)83-39-27-20-28-40-83)80-118-122(119)131(113)112-63-55-90(104-70-93-69-96(127(7,8)9)67-91-49-50-92-68-97(128(10,11)12)78-111(104)121(92)120(91)93)71-116(112)134(118)123-105(86-41-29-21-30-42-86)74-98(129(13,14)15)75-106(123)87-43-31-22-32-44-87/h19-67,69-81,92,120-121H,68H2,1-18H3. The Morgan fingerprint density at radius 1 is 0.304 bits per heavy atom. The van der Waals surface area contributed by atoms with Crippen molar-refractivity contribution in [2.45, 2.75) is 153 Å². The van der Waals surface area contributed by atoms with Gasteiger partial charge in [-0.15, -0.1) is 0 Å². The Kier molecular flexibility index (Phi) is 20.7.